The Morgan fingerprint density at radius 3 is 2.75 bits per heavy atom. The molecule has 2 heteroatoms. The summed E-state index contributed by atoms with van der Waals surface area (Å²) in [6.45, 7) is 3.28. The second-order valence-corrected chi connectivity index (χ2v) is 4.79. The number of alkyl halides is 1. The molecule has 0 bridgehead atoms. The lowest BCUT2D eigenvalue weighted by molar-refractivity contribution is 0.0397. The third-order valence-corrected chi connectivity index (χ3v) is 4.64. The van der Waals surface area contributed by atoms with E-state index in [2.05, 4.69) is 22.9 Å². The average Bonchev–Trinajstić information content (AvgIpc) is 2.86. The largest absolute Gasteiger partial charge is 0.377 e. The lowest BCUT2D eigenvalue weighted by Crippen LogP contribution is -2.33. The number of halogens is 1. The minimum absolute atomic E-state index is 0.473. The van der Waals surface area contributed by atoms with Gasteiger partial charge in [-0.3, -0.25) is 0 Å². The van der Waals surface area contributed by atoms with E-state index < -0.39 is 0 Å². The summed E-state index contributed by atoms with van der Waals surface area (Å²) in [6, 6.07) is 0. The molecule has 1 aliphatic carbocycles. The molecule has 1 saturated carbocycles. The van der Waals surface area contributed by atoms with E-state index in [1.54, 1.807) is 0 Å². The van der Waals surface area contributed by atoms with E-state index in [9.17, 15) is 0 Å². The second-order valence-electron chi connectivity index (χ2n) is 4.23. The summed E-state index contributed by atoms with van der Waals surface area (Å²) in [7, 11) is 0. The highest BCUT2D eigenvalue weighted by atomic mass is 79.9. The van der Waals surface area contributed by atoms with Crippen LogP contribution in [0.5, 0.6) is 0 Å². The minimum atomic E-state index is 0.473. The predicted octanol–water partition coefficient (Wildman–Crippen LogP) is 2.98. The summed E-state index contributed by atoms with van der Waals surface area (Å²) in [6.07, 6.45) is 5.90. The van der Waals surface area contributed by atoms with Gasteiger partial charge in [-0.2, -0.15) is 0 Å². The van der Waals surface area contributed by atoms with Crippen molar-refractivity contribution in [3.8, 4) is 0 Å². The van der Waals surface area contributed by atoms with Crippen molar-refractivity contribution >= 4 is 15.9 Å². The van der Waals surface area contributed by atoms with Crippen LogP contribution in [0.3, 0.4) is 0 Å². The maximum atomic E-state index is 5.84. The highest BCUT2D eigenvalue weighted by Crippen LogP contribution is 2.50. The van der Waals surface area contributed by atoms with Crippen molar-refractivity contribution in [3.63, 3.8) is 0 Å². The molecule has 0 aromatic heterocycles. The summed E-state index contributed by atoms with van der Waals surface area (Å²) < 4.78 is 5.84. The van der Waals surface area contributed by atoms with Crippen LogP contribution in [-0.2, 0) is 4.74 Å². The standard InChI is InChI=1S/C10H17BrO/c1-2-10(7-11)5-6-12-9(10)8-3-4-8/h8-9H,2-7H2,1H3. The molecule has 2 atom stereocenters. The number of ether oxygens (including phenoxy) is 1. The first-order valence-electron chi connectivity index (χ1n) is 5.00. The van der Waals surface area contributed by atoms with Crippen molar-refractivity contribution in [1.82, 2.24) is 0 Å². The van der Waals surface area contributed by atoms with Gasteiger partial charge in [0.1, 0.15) is 0 Å². The van der Waals surface area contributed by atoms with E-state index >= 15 is 0 Å². The molecule has 1 nitrogen and oxygen atoms in total. The number of rotatable bonds is 3. The van der Waals surface area contributed by atoms with E-state index in [4.69, 9.17) is 4.74 Å². The maximum Gasteiger partial charge on any atom is 0.0668 e. The van der Waals surface area contributed by atoms with Crippen LogP contribution in [0.4, 0.5) is 0 Å². The zero-order valence-electron chi connectivity index (χ0n) is 7.68. The molecule has 2 fully saturated rings. The third kappa shape index (κ3) is 1.33. The van der Waals surface area contributed by atoms with Crippen molar-refractivity contribution in [3.05, 3.63) is 0 Å². The summed E-state index contributed by atoms with van der Waals surface area (Å²) >= 11 is 3.65. The zero-order chi connectivity index (χ0) is 8.60. The number of hydrogen-bond donors (Lipinski definition) is 0. The van der Waals surface area contributed by atoms with Crippen LogP contribution < -0.4 is 0 Å². The molecule has 0 aromatic rings. The molecule has 0 N–H and O–H groups in total. The van der Waals surface area contributed by atoms with Gasteiger partial charge in [0.05, 0.1) is 6.10 Å². The predicted molar refractivity (Wildman–Crippen MR) is 53.6 cm³/mol. The van der Waals surface area contributed by atoms with Crippen LogP contribution in [0.25, 0.3) is 0 Å². The Kier molecular flexibility index (Phi) is 2.48. The SMILES string of the molecule is CCC1(CBr)CCOC1C1CC1. The molecule has 0 spiro atoms. The van der Waals surface area contributed by atoms with E-state index in [-0.39, 0.29) is 0 Å². The van der Waals surface area contributed by atoms with Crippen molar-refractivity contribution in [2.24, 2.45) is 11.3 Å². The van der Waals surface area contributed by atoms with Crippen LogP contribution in [0.2, 0.25) is 0 Å². The van der Waals surface area contributed by atoms with Crippen LogP contribution >= 0.6 is 15.9 Å². The van der Waals surface area contributed by atoms with Crippen LogP contribution in [0.1, 0.15) is 32.6 Å². The monoisotopic (exact) mass is 232 g/mol. The molecule has 0 radical (unpaired) electrons. The molecule has 2 aliphatic rings. The van der Waals surface area contributed by atoms with Crippen molar-refractivity contribution < 1.29 is 4.74 Å². The first kappa shape index (κ1) is 9.01. The van der Waals surface area contributed by atoms with Crippen LogP contribution in [0, 0.1) is 11.3 Å². The quantitative estimate of drug-likeness (QED) is 0.681. The molecule has 70 valence electrons. The van der Waals surface area contributed by atoms with E-state index in [1.165, 1.54) is 25.7 Å². The fourth-order valence-corrected chi connectivity index (χ4v) is 3.35. The van der Waals surface area contributed by atoms with Crippen LogP contribution in [-0.4, -0.2) is 18.0 Å². The summed E-state index contributed by atoms with van der Waals surface area (Å²) in [5, 5.41) is 1.12. The Morgan fingerprint density at radius 2 is 2.25 bits per heavy atom. The van der Waals surface area contributed by atoms with Gasteiger partial charge in [0.15, 0.2) is 0 Å². The first-order valence-corrected chi connectivity index (χ1v) is 6.12. The van der Waals surface area contributed by atoms with Crippen molar-refractivity contribution in [2.75, 3.05) is 11.9 Å². The normalized spacial score (nSPS) is 42.0. The molecular weight excluding hydrogens is 216 g/mol. The van der Waals surface area contributed by atoms with Crippen LogP contribution in [0.15, 0.2) is 0 Å². The molecule has 1 heterocycles. The Balaban J connectivity index is 2.09. The Bertz CT molecular complexity index is 161. The molecule has 2 rings (SSSR count). The molecule has 1 saturated heterocycles. The van der Waals surface area contributed by atoms with Crippen molar-refractivity contribution in [1.29, 1.82) is 0 Å². The maximum absolute atomic E-state index is 5.84. The Labute approximate surface area is 83.0 Å². The van der Waals surface area contributed by atoms with Gasteiger partial charge in [-0.1, -0.05) is 22.9 Å². The number of hydrogen-bond acceptors (Lipinski definition) is 1. The van der Waals surface area contributed by atoms with Gasteiger partial charge in [0.2, 0.25) is 0 Å². The van der Waals surface area contributed by atoms with Gasteiger partial charge in [-0.05, 0) is 31.6 Å². The first-order chi connectivity index (χ1) is 5.82. The van der Waals surface area contributed by atoms with Gasteiger partial charge in [-0.25, -0.2) is 0 Å². The van der Waals surface area contributed by atoms with Gasteiger partial charge < -0.3 is 4.74 Å². The fraction of sp³-hybridized carbons (Fsp3) is 1.00. The van der Waals surface area contributed by atoms with E-state index in [0.717, 1.165) is 17.9 Å². The smallest absolute Gasteiger partial charge is 0.0668 e. The molecule has 0 amide bonds. The van der Waals surface area contributed by atoms with E-state index in [1.807, 2.05) is 0 Å². The molecule has 2 unspecified atom stereocenters. The lowest BCUT2D eigenvalue weighted by atomic mass is 9.79. The molecule has 0 aromatic carbocycles. The Morgan fingerprint density at radius 1 is 1.50 bits per heavy atom. The lowest BCUT2D eigenvalue weighted by Gasteiger charge is -2.31. The summed E-state index contributed by atoms with van der Waals surface area (Å²) in [4.78, 5) is 0. The molecule has 12 heavy (non-hydrogen) atoms. The Hall–Kier alpha value is 0.440. The van der Waals surface area contributed by atoms with Gasteiger partial charge >= 0.3 is 0 Å². The second kappa shape index (κ2) is 3.30. The minimum Gasteiger partial charge on any atom is -0.377 e. The third-order valence-electron chi connectivity index (χ3n) is 3.52. The molecular formula is C10H17BrO. The summed E-state index contributed by atoms with van der Waals surface area (Å²) in [5.74, 6) is 0.894. The van der Waals surface area contributed by atoms with E-state index in [0.29, 0.717) is 11.5 Å². The molecule has 1 aliphatic heterocycles. The summed E-state index contributed by atoms with van der Waals surface area (Å²) in [5.41, 5.74) is 0.473. The van der Waals surface area contributed by atoms with Crippen molar-refractivity contribution in [2.45, 2.75) is 38.7 Å². The van der Waals surface area contributed by atoms with Gasteiger partial charge in [-0.15, -0.1) is 0 Å². The van der Waals surface area contributed by atoms with Gasteiger partial charge in [0, 0.05) is 17.4 Å². The topological polar surface area (TPSA) is 9.23 Å². The highest BCUT2D eigenvalue weighted by Gasteiger charge is 2.49. The highest BCUT2D eigenvalue weighted by molar-refractivity contribution is 9.09. The van der Waals surface area contributed by atoms with Gasteiger partial charge in [0.25, 0.3) is 0 Å². The zero-order valence-corrected chi connectivity index (χ0v) is 9.27. The fourth-order valence-electron chi connectivity index (χ4n) is 2.36. The average molecular weight is 233 g/mol.